The van der Waals surface area contributed by atoms with Gasteiger partial charge in [-0.05, 0) is 48.5 Å². The van der Waals surface area contributed by atoms with Gasteiger partial charge in [-0.1, -0.05) is 53.0 Å². The van der Waals surface area contributed by atoms with Crippen LogP contribution in [-0.2, 0) is 14.8 Å². The van der Waals surface area contributed by atoms with Crippen molar-refractivity contribution in [1.29, 1.82) is 0 Å². The highest BCUT2D eigenvalue weighted by Crippen LogP contribution is 2.30. The van der Waals surface area contributed by atoms with E-state index in [0.717, 1.165) is 4.31 Å². The summed E-state index contributed by atoms with van der Waals surface area (Å²) in [6, 6.07) is 16.8. The number of benzene rings is 3. The highest BCUT2D eigenvalue weighted by atomic mass is 35.5. The maximum Gasteiger partial charge on any atom is 0.264 e. The number of sulfonamides is 1. The standard InChI is InChI=1S/C21H17Cl3N2O4S/c1-30-20-8-7-16(12-19(20)24)25-21(27)13-26(17-10-14(22)9-15(23)11-17)31(28,29)18-5-3-2-4-6-18/h2-12H,13H2,1H3,(H,25,27). The third-order valence-corrected chi connectivity index (χ3v) is 6.71. The zero-order valence-electron chi connectivity index (χ0n) is 16.2. The lowest BCUT2D eigenvalue weighted by atomic mass is 10.3. The highest BCUT2D eigenvalue weighted by Gasteiger charge is 2.27. The van der Waals surface area contributed by atoms with Crippen LogP contribution >= 0.6 is 34.8 Å². The smallest absolute Gasteiger partial charge is 0.264 e. The molecule has 0 fully saturated rings. The van der Waals surface area contributed by atoms with Crippen molar-refractivity contribution >= 4 is 62.1 Å². The van der Waals surface area contributed by atoms with Gasteiger partial charge in [-0.3, -0.25) is 9.10 Å². The molecule has 0 unspecified atom stereocenters. The lowest BCUT2D eigenvalue weighted by molar-refractivity contribution is -0.114. The number of halogens is 3. The Bertz CT molecular complexity index is 1180. The minimum absolute atomic E-state index is 0.0198. The Balaban J connectivity index is 1.95. The zero-order chi connectivity index (χ0) is 22.6. The molecular formula is C21H17Cl3N2O4S. The van der Waals surface area contributed by atoms with Crippen LogP contribution in [0.5, 0.6) is 5.75 Å². The van der Waals surface area contributed by atoms with E-state index in [9.17, 15) is 13.2 Å². The van der Waals surface area contributed by atoms with Crippen LogP contribution in [0.3, 0.4) is 0 Å². The number of methoxy groups -OCH3 is 1. The zero-order valence-corrected chi connectivity index (χ0v) is 19.3. The predicted octanol–water partition coefficient (Wildman–Crippen LogP) is 5.49. The summed E-state index contributed by atoms with van der Waals surface area (Å²) in [6.45, 7) is -0.516. The summed E-state index contributed by atoms with van der Waals surface area (Å²) < 4.78 is 32.6. The van der Waals surface area contributed by atoms with Crippen LogP contribution in [0, 0.1) is 0 Å². The van der Waals surface area contributed by atoms with Crippen molar-refractivity contribution in [2.75, 3.05) is 23.3 Å². The molecule has 3 rings (SSSR count). The number of hydrogen-bond donors (Lipinski definition) is 1. The Kier molecular flexibility index (Phi) is 7.33. The Morgan fingerprint density at radius 1 is 0.968 bits per heavy atom. The fourth-order valence-electron chi connectivity index (χ4n) is 2.79. The maximum absolute atomic E-state index is 13.3. The van der Waals surface area contributed by atoms with Crippen LogP contribution in [0.1, 0.15) is 0 Å². The molecule has 3 aromatic carbocycles. The van der Waals surface area contributed by atoms with Gasteiger partial charge in [0.1, 0.15) is 12.3 Å². The number of rotatable bonds is 7. The number of carbonyl (C=O) groups is 1. The second-order valence-electron chi connectivity index (χ2n) is 6.35. The molecule has 6 nitrogen and oxygen atoms in total. The van der Waals surface area contributed by atoms with Gasteiger partial charge in [-0.2, -0.15) is 0 Å². The Hall–Kier alpha value is -2.45. The molecule has 1 N–H and O–H groups in total. The van der Waals surface area contributed by atoms with E-state index in [2.05, 4.69) is 5.32 Å². The van der Waals surface area contributed by atoms with E-state index in [1.54, 1.807) is 30.3 Å². The lowest BCUT2D eigenvalue weighted by Crippen LogP contribution is -2.38. The molecule has 0 spiro atoms. The van der Waals surface area contributed by atoms with E-state index < -0.39 is 22.5 Å². The van der Waals surface area contributed by atoms with E-state index >= 15 is 0 Å². The van der Waals surface area contributed by atoms with Crippen molar-refractivity contribution in [3.8, 4) is 5.75 Å². The van der Waals surface area contributed by atoms with Gasteiger partial charge in [0.25, 0.3) is 10.0 Å². The van der Waals surface area contributed by atoms with Gasteiger partial charge in [0.2, 0.25) is 5.91 Å². The number of hydrogen-bond acceptors (Lipinski definition) is 4. The molecule has 0 aliphatic carbocycles. The predicted molar refractivity (Wildman–Crippen MR) is 124 cm³/mol. The molecule has 0 atom stereocenters. The molecule has 0 aliphatic heterocycles. The first-order chi connectivity index (χ1) is 14.7. The first kappa shape index (κ1) is 23.2. The van der Waals surface area contributed by atoms with Gasteiger partial charge in [0.15, 0.2) is 0 Å². The fourth-order valence-corrected chi connectivity index (χ4v) is 4.99. The summed E-state index contributed by atoms with van der Waals surface area (Å²) in [6.07, 6.45) is 0. The van der Waals surface area contributed by atoms with Crippen LogP contribution in [0.15, 0.2) is 71.6 Å². The number of amides is 1. The molecule has 0 radical (unpaired) electrons. The molecule has 0 heterocycles. The summed E-state index contributed by atoms with van der Waals surface area (Å²) >= 11 is 18.2. The summed E-state index contributed by atoms with van der Waals surface area (Å²) in [4.78, 5) is 12.8. The molecule has 0 aliphatic rings. The number of anilines is 2. The molecular weight excluding hydrogens is 483 g/mol. The van der Waals surface area contributed by atoms with Crippen LogP contribution in [0.4, 0.5) is 11.4 Å². The van der Waals surface area contributed by atoms with Crippen molar-refractivity contribution in [3.63, 3.8) is 0 Å². The maximum atomic E-state index is 13.3. The first-order valence-corrected chi connectivity index (χ1v) is 11.5. The average molecular weight is 500 g/mol. The molecule has 31 heavy (non-hydrogen) atoms. The Morgan fingerprint density at radius 3 is 2.19 bits per heavy atom. The summed E-state index contributed by atoms with van der Waals surface area (Å²) in [7, 11) is -2.61. The van der Waals surface area contributed by atoms with Crippen LogP contribution < -0.4 is 14.4 Å². The summed E-state index contributed by atoms with van der Waals surface area (Å²) in [5.41, 5.74) is 0.543. The van der Waals surface area contributed by atoms with E-state index in [4.69, 9.17) is 39.5 Å². The molecule has 3 aromatic rings. The number of ether oxygens (including phenoxy) is 1. The van der Waals surface area contributed by atoms with Crippen LogP contribution in [0.25, 0.3) is 0 Å². The molecule has 10 heteroatoms. The first-order valence-electron chi connectivity index (χ1n) is 8.88. The monoisotopic (exact) mass is 498 g/mol. The summed E-state index contributed by atoms with van der Waals surface area (Å²) in [5, 5.41) is 3.41. The number of nitrogens with one attached hydrogen (secondary N) is 1. The van der Waals surface area contributed by atoms with Crippen molar-refractivity contribution in [1.82, 2.24) is 0 Å². The molecule has 1 amide bonds. The van der Waals surface area contributed by atoms with Crippen LogP contribution in [0.2, 0.25) is 15.1 Å². The third-order valence-electron chi connectivity index (χ3n) is 4.19. The number of nitrogens with zero attached hydrogens (tertiary/aromatic N) is 1. The van der Waals surface area contributed by atoms with Crippen molar-refractivity contribution in [3.05, 3.63) is 81.8 Å². The Labute approximate surface area is 195 Å². The lowest BCUT2D eigenvalue weighted by Gasteiger charge is -2.24. The molecule has 0 aromatic heterocycles. The van der Waals surface area contributed by atoms with Crippen LogP contribution in [-0.4, -0.2) is 28.0 Å². The van der Waals surface area contributed by atoms with E-state index in [-0.39, 0.29) is 20.6 Å². The van der Waals surface area contributed by atoms with Gasteiger partial charge in [0.05, 0.1) is 22.7 Å². The van der Waals surface area contributed by atoms with Gasteiger partial charge >= 0.3 is 0 Å². The third kappa shape index (κ3) is 5.62. The topological polar surface area (TPSA) is 75.7 Å². The van der Waals surface area contributed by atoms with Gasteiger partial charge in [0, 0.05) is 15.7 Å². The van der Waals surface area contributed by atoms with E-state index in [0.29, 0.717) is 16.5 Å². The minimum atomic E-state index is -4.08. The second kappa shape index (κ2) is 9.78. The largest absolute Gasteiger partial charge is 0.495 e. The van der Waals surface area contributed by atoms with Gasteiger partial charge in [-0.15, -0.1) is 0 Å². The van der Waals surface area contributed by atoms with Crippen molar-refractivity contribution in [2.45, 2.75) is 4.90 Å². The molecule has 0 saturated heterocycles. The van der Waals surface area contributed by atoms with Crippen molar-refractivity contribution in [2.24, 2.45) is 0 Å². The average Bonchev–Trinajstić information content (AvgIpc) is 2.72. The minimum Gasteiger partial charge on any atom is -0.495 e. The fraction of sp³-hybridized carbons (Fsp3) is 0.0952. The molecule has 0 bridgehead atoms. The van der Waals surface area contributed by atoms with Crippen molar-refractivity contribution < 1.29 is 17.9 Å². The Morgan fingerprint density at radius 2 is 1.61 bits per heavy atom. The SMILES string of the molecule is COc1ccc(NC(=O)CN(c2cc(Cl)cc(Cl)c2)S(=O)(=O)c2ccccc2)cc1Cl. The highest BCUT2D eigenvalue weighted by molar-refractivity contribution is 7.92. The molecule has 162 valence electrons. The molecule has 0 saturated carbocycles. The second-order valence-corrected chi connectivity index (χ2v) is 9.49. The quantitative estimate of drug-likeness (QED) is 0.466. The normalized spacial score (nSPS) is 11.1. The number of carbonyl (C=O) groups excluding carboxylic acids is 1. The summed E-state index contributed by atoms with van der Waals surface area (Å²) in [5.74, 6) is -0.140. The van der Waals surface area contributed by atoms with E-state index in [1.807, 2.05) is 0 Å². The van der Waals surface area contributed by atoms with Gasteiger partial charge in [-0.25, -0.2) is 8.42 Å². The van der Waals surface area contributed by atoms with E-state index in [1.165, 1.54) is 43.5 Å². The van der Waals surface area contributed by atoms with Gasteiger partial charge < -0.3 is 10.1 Å².